The zero-order valence-electron chi connectivity index (χ0n) is 7.99. The average Bonchev–Trinajstić information content (AvgIpc) is 2.15. The molecule has 0 aliphatic carbocycles. The Hall–Kier alpha value is -1.37. The van der Waals surface area contributed by atoms with Crippen LogP contribution in [0.25, 0.3) is 0 Å². The van der Waals surface area contributed by atoms with Crippen LogP contribution >= 0.6 is 11.8 Å². The van der Waals surface area contributed by atoms with E-state index in [9.17, 15) is 14.4 Å². The van der Waals surface area contributed by atoms with E-state index in [1.807, 2.05) is 0 Å². The Bertz CT molecular complexity index is 371. The molecule has 0 saturated carbocycles. The molecule has 0 aromatic heterocycles. The molecule has 0 unspecified atom stereocenters. The normalized spacial score (nSPS) is 24.6. The summed E-state index contributed by atoms with van der Waals surface area (Å²) in [4.78, 5) is 38.3. The van der Waals surface area contributed by atoms with Crippen LogP contribution in [0.3, 0.4) is 0 Å². The van der Waals surface area contributed by atoms with Crippen LogP contribution in [0.5, 0.6) is 0 Å². The molecule has 2 aliphatic rings. The minimum atomic E-state index is -1.21. The van der Waals surface area contributed by atoms with E-state index in [4.69, 9.17) is 0 Å². The number of nitrogens with zero attached hydrogens (tertiary/aromatic N) is 1. The summed E-state index contributed by atoms with van der Waals surface area (Å²) in [7, 11) is 0. The first-order chi connectivity index (χ1) is 7.04. The summed E-state index contributed by atoms with van der Waals surface area (Å²) in [6.07, 6.45) is 0.319. The van der Waals surface area contributed by atoms with Crippen LogP contribution in [-0.4, -0.2) is 34.2 Å². The largest absolute Gasteiger partial charge is 0.328 e. The van der Waals surface area contributed by atoms with E-state index in [0.29, 0.717) is 18.0 Å². The molecule has 0 radical (unpaired) electrons. The number of nitrogens with one attached hydrogen (secondary N) is 2. The molecular weight excluding hydrogens is 218 g/mol. The molecule has 0 aromatic carbocycles. The van der Waals surface area contributed by atoms with Gasteiger partial charge in [-0.05, 0) is 13.3 Å². The molecule has 4 amide bonds. The number of amides is 4. The number of thioether (sulfide) groups is 1. The van der Waals surface area contributed by atoms with E-state index in [-0.39, 0.29) is 0 Å². The van der Waals surface area contributed by atoms with Crippen molar-refractivity contribution in [3.8, 4) is 0 Å². The Morgan fingerprint density at radius 3 is 2.40 bits per heavy atom. The van der Waals surface area contributed by atoms with Crippen molar-refractivity contribution >= 4 is 34.7 Å². The summed E-state index contributed by atoms with van der Waals surface area (Å²) >= 11 is 1.10. The number of aliphatic imine (C=N–C) groups is 1. The molecule has 1 saturated heterocycles. The van der Waals surface area contributed by atoms with Gasteiger partial charge in [-0.1, -0.05) is 11.8 Å². The van der Waals surface area contributed by atoms with E-state index in [2.05, 4.69) is 15.6 Å². The molecular formula is C8H9N3O3S. The Morgan fingerprint density at radius 2 is 1.87 bits per heavy atom. The highest BCUT2D eigenvalue weighted by Gasteiger charge is 2.52. The summed E-state index contributed by atoms with van der Waals surface area (Å²) in [6, 6.07) is -0.753. The highest BCUT2D eigenvalue weighted by molar-refractivity contribution is 8.16. The van der Waals surface area contributed by atoms with Crippen molar-refractivity contribution in [2.75, 3.05) is 6.54 Å². The van der Waals surface area contributed by atoms with Crippen molar-refractivity contribution in [1.29, 1.82) is 0 Å². The molecule has 6 nitrogen and oxygen atoms in total. The maximum absolute atomic E-state index is 11.7. The number of hydrogen-bond donors (Lipinski definition) is 2. The van der Waals surface area contributed by atoms with Crippen molar-refractivity contribution in [3.05, 3.63) is 0 Å². The van der Waals surface area contributed by atoms with Crippen LogP contribution in [0, 0.1) is 0 Å². The summed E-state index contributed by atoms with van der Waals surface area (Å²) in [5.41, 5.74) is 0. The van der Waals surface area contributed by atoms with Crippen LogP contribution in [0.4, 0.5) is 4.79 Å². The molecule has 2 N–H and O–H groups in total. The maximum Gasteiger partial charge on any atom is 0.328 e. The zero-order chi connectivity index (χ0) is 11.1. The van der Waals surface area contributed by atoms with Gasteiger partial charge in [0.25, 0.3) is 11.8 Å². The highest BCUT2D eigenvalue weighted by Crippen LogP contribution is 2.35. The Kier molecular flexibility index (Phi) is 2.26. The SMILES string of the molecule is CC1=NCCC2(S1)C(=O)NC(=O)NC2=O. The minimum Gasteiger partial charge on any atom is -0.283 e. The van der Waals surface area contributed by atoms with E-state index < -0.39 is 22.6 Å². The first-order valence-electron chi connectivity index (χ1n) is 4.41. The quantitative estimate of drug-likeness (QED) is 0.553. The van der Waals surface area contributed by atoms with Gasteiger partial charge in [0.1, 0.15) is 0 Å². The third-order valence-corrected chi connectivity index (χ3v) is 3.66. The summed E-state index contributed by atoms with van der Waals surface area (Å²) < 4.78 is -1.21. The fourth-order valence-corrected chi connectivity index (χ4v) is 2.71. The number of urea groups is 1. The van der Waals surface area contributed by atoms with E-state index in [0.717, 1.165) is 11.8 Å². The van der Waals surface area contributed by atoms with Gasteiger partial charge in [-0.15, -0.1) is 0 Å². The third kappa shape index (κ3) is 1.52. The lowest BCUT2D eigenvalue weighted by Crippen LogP contribution is -2.66. The van der Waals surface area contributed by atoms with E-state index in [1.54, 1.807) is 6.92 Å². The van der Waals surface area contributed by atoms with Crippen molar-refractivity contribution in [3.63, 3.8) is 0 Å². The van der Waals surface area contributed by atoms with Gasteiger partial charge in [-0.2, -0.15) is 0 Å². The lowest BCUT2D eigenvalue weighted by Gasteiger charge is -2.34. The summed E-state index contributed by atoms with van der Waals surface area (Å²) in [5, 5.41) is 4.89. The second-order valence-corrected chi connectivity index (χ2v) is 4.81. The minimum absolute atomic E-state index is 0.319. The molecule has 7 heteroatoms. The number of hydrogen-bond acceptors (Lipinski definition) is 5. The number of carbonyl (C=O) groups is 3. The van der Waals surface area contributed by atoms with Crippen LogP contribution < -0.4 is 10.6 Å². The molecule has 80 valence electrons. The maximum atomic E-state index is 11.7. The molecule has 15 heavy (non-hydrogen) atoms. The van der Waals surface area contributed by atoms with Crippen molar-refractivity contribution < 1.29 is 14.4 Å². The summed E-state index contributed by atoms with van der Waals surface area (Å²) in [6.45, 7) is 2.16. The average molecular weight is 227 g/mol. The van der Waals surface area contributed by atoms with Crippen LogP contribution in [0.1, 0.15) is 13.3 Å². The molecule has 1 fully saturated rings. The molecule has 0 bridgehead atoms. The third-order valence-electron chi connectivity index (χ3n) is 2.31. The van der Waals surface area contributed by atoms with Crippen molar-refractivity contribution in [2.24, 2.45) is 4.99 Å². The fraction of sp³-hybridized carbons (Fsp3) is 0.500. The first kappa shape index (κ1) is 10.2. The predicted molar refractivity (Wildman–Crippen MR) is 54.6 cm³/mol. The lowest BCUT2D eigenvalue weighted by atomic mass is 10.0. The molecule has 1 spiro atoms. The van der Waals surface area contributed by atoms with E-state index in [1.165, 1.54) is 0 Å². The van der Waals surface area contributed by atoms with Crippen molar-refractivity contribution in [2.45, 2.75) is 18.1 Å². The van der Waals surface area contributed by atoms with Gasteiger partial charge in [0.2, 0.25) is 0 Å². The second kappa shape index (κ2) is 3.34. The topological polar surface area (TPSA) is 87.6 Å². The number of rotatable bonds is 0. The molecule has 2 heterocycles. The Labute approximate surface area is 89.9 Å². The van der Waals surface area contributed by atoms with E-state index >= 15 is 0 Å². The Balaban J connectivity index is 2.34. The van der Waals surface area contributed by atoms with Gasteiger partial charge in [-0.3, -0.25) is 25.2 Å². The van der Waals surface area contributed by atoms with Gasteiger partial charge in [0, 0.05) is 6.54 Å². The monoisotopic (exact) mass is 227 g/mol. The first-order valence-corrected chi connectivity index (χ1v) is 5.23. The smallest absolute Gasteiger partial charge is 0.283 e. The predicted octanol–water partition coefficient (Wildman–Crippen LogP) is -0.354. The van der Waals surface area contributed by atoms with Gasteiger partial charge < -0.3 is 0 Å². The fourth-order valence-electron chi connectivity index (χ4n) is 1.57. The molecule has 0 atom stereocenters. The summed E-state index contributed by atoms with van der Waals surface area (Å²) in [5.74, 6) is -1.09. The lowest BCUT2D eigenvalue weighted by molar-refractivity contribution is -0.133. The molecule has 2 aliphatic heterocycles. The van der Waals surface area contributed by atoms with Gasteiger partial charge in [0.05, 0.1) is 5.04 Å². The van der Waals surface area contributed by atoms with Crippen LogP contribution in [0.2, 0.25) is 0 Å². The molecule has 2 rings (SSSR count). The van der Waals surface area contributed by atoms with Gasteiger partial charge in [0.15, 0.2) is 4.75 Å². The van der Waals surface area contributed by atoms with Gasteiger partial charge >= 0.3 is 6.03 Å². The van der Waals surface area contributed by atoms with Crippen LogP contribution in [0.15, 0.2) is 4.99 Å². The zero-order valence-corrected chi connectivity index (χ0v) is 8.81. The molecule has 0 aromatic rings. The number of imide groups is 2. The van der Waals surface area contributed by atoms with Crippen molar-refractivity contribution in [1.82, 2.24) is 10.6 Å². The Morgan fingerprint density at radius 1 is 1.27 bits per heavy atom. The second-order valence-electron chi connectivity index (χ2n) is 3.32. The standard InChI is InChI=1S/C8H9N3O3S/c1-4-9-3-2-8(15-4)5(12)10-7(14)11-6(8)13/h2-3H2,1H3,(H2,10,11,12,13,14). The highest BCUT2D eigenvalue weighted by atomic mass is 32.2. The van der Waals surface area contributed by atoms with Gasteiger partial charge in [-0.25, -0.2) is 4.79 Å². The number of carbonyl (C=O) groups excluding carboxylic acids is 3. The van der Waals surface area contributed by atoms with Crippen LogP contribution in [-0.2, 0) is 9.59 Å². The number of barbiturate groups is 1.